The van der Waals surface area contributed by atoms with Crippen molar-refractivity contribution >= 4 is 145 Å². The number of fused-ring (bicyclic) bond motifs is 5. The van der Waals surface area contributed by atoms with E-state index >= 15 is 0 Å². The monoisotopic (exact) mass is 1850 g/mol. The quantitative estimate of drug-likeness (QED) is 0.0353. The molecule has 437 valence electrons. The molecule has 0 aliphatic carbocycles. The van der Waals surface area contributed by atoms with Crippen molar-refractivity contribution in [2.24, 2.45) is 20.0 Å². The van der Waals surface area contributed by atoms with E-state index in [4.69, 9.17) is 15.1 Å². The van der Waals surface area contributed by atoms with Crippen LogP contribution in [0.3, 0.4) is 0 Å². The molecule has 5 aromatic carbocycles. The first-order chi connectivity index (χ1) is 36.1. The standard InChI is InChI=1S/C20H18N2.C17H23N2.C14H15NO2.C12H15N.CH4.ClH.I3.I2.HI.Na.H2O.V/c1-20(2)12-15-8-3-5-9-17(15)19(22-20)16-11-14-7-4-6-10-18(14)21-13-16;1-6-13(12-19(4)5)16-15-10-8-7-9-14(15)11-17(2,3)18-16;1-14(2)7-10-5-3-4-6-12(10)13(15-14)11(8-16)9-17;1-9-11-7-5-4-6-10(11)8-12(2,3)13-9;;;1-3-2;1-2;;;;/h3-11,13H,12H2,1-2H3;6-10,12H,11H2,1-5H3;3-6,8-9,16H,7H2,1-2H3;4-7H,8H2,1-3H3;1H4;1H;;;1H;;1H2;/q;+1;;;;;-1;;;+1;;/p-2/b;13-6-;;;;;;;;;;. The Balaban J connectivity index is 0. The van der Waals surface area contributed by atoms with Crippen LogP contribution in [0.4, 0.5) is 0 Å². The molecular formula is C64H77ClI6N6NaO3V-. The second-order valence-electron chi connectivity index (χ2n) is 21.7. The van der Waals surface area contributed by atoms with Crippen LogP contribution in [0.5, 0.6) is 0 Å². The number of allylic oxidation sites excluding steroid dienone is 3. The van der Waals surface area contributed by atoms with Crippen LogP contribution in [0.2, 0.25) is 0 Å². The van der Waals surface area contributed by atoms with Gasteiger partial charge in [0.2, 0.25) is 0 Å². The van der Waals surface area contributed by atoms with Crippen molar-refractivity contribution in [3.05, 3.63) is 207 Å². The molecule has 82 heavy (non-hydrogen) atoms. The summed E-state index contributed by atoms with van der Waals surface area (Å²) in [5, 5.41) is 10.3. The predicted octanol–water partition coefficient (Wildman–Crippen LogP) is 8.42. The number of aromatic nitrogens is 1. The molecule has 0 unspecified atom stereocenters. The summed E-state index contributed by atoms with van der Waals surface area (Å²) in [4.78, 5) is 34.7. The fraction of sp³-hybridized carbons (Fsp3) is 0.328. The number of benzene rings is 5. The van der Waals surface area contributed by atoms with Gasteiger partial charge in [-0.25, -0.2) is 4.58 Å². The molecule has 0 spiro atoms. The fourth-order valence-electron chi connectivity index (χ4n) is 9.93. The Morgan fingerprint density at radius 1 is 0.610 bits per heavy atom. The van der Waals surface area contributed by atoms with Gasteiger partial charge < -0.3 is 23.0 Å². The summed E-state index contributed by atoms with van der Waals surface area (Å²) < 4.78 is 2.07. The van der Waals surface area contributed by atoms with Gasteiger partial charge in [-0.15, -0.1) is 24.0 Å². The van der Waals surface area contributed by atoms with Crippen LogP contribution in [0.25, 0.3) is 10.9 Å². The third kappa shape index (κ3) is 24.2. The number of carbonyl (C=O) groups is 1. The molecule has 1 radical (unpaired) electrons. The molecule has 18 heteroatoms. The van der Waals surface area contributed by atoms with Crippen LogP contribution in [0.15, 0.2) is 177 Å². The Labute approximate surface area is 600 Å². The zero-order chi connectivity index (χ0) is 55.8. The van der Waals surface area contributed by atoms with E-state index < -0.39 is 0 Å². The maximum atomic E-state index is 10.9. The first-order valence-corrected chi connectivity index (χ1v) is 44.0. The smallest absolute Gasteiger partial charge is 1.00 e. The average molecular weight is 1850 g/mol. The third-order valence-corrected chi connectivity index (χ3v) is 12.8. The molecule has 5 heterocycles. The van der Waals surface area contributed by atoms with Crippen LogP contribution in [-0.2, 0) is 49.0 Å². The summed E-state index contributed by atoms with van der Waals surface area (Å²) in [6.45, 7) is 21.4. The van der Waals surface area contributed by atoms with Crippen molar-refractivity contribution in [1.82, 2.24) is 4.98 Å². The van der Waals surface area contributed by atoms with E-state index in [1.54, 1.807) is 0 Å². The van der Waals surface area contributed by atoms with E-state index in [1.807, 2.05) is 76.6 Å². The van der Waals surface area contributed by atoms with Crippen LogP contribution < -0.4 is 55.2 Å². The molecular weight excluding hydrogens is 1770 g/mol. The van der Waals surface area contributed by atoms with Gasteiger partial charge in [-0.3, -0.25) is 29.7 Å². The van der Waals surface area contributed by atoms with Gasteiger partial charge in [0.1, 0.15) is 14.1 Å². The number of aliphatic hydroxyl groups excluding tert-OH is 1. The zero-order valence-corrected chi connectivity index (χ0v) is 65.7. The van der Waals surface area contributed by atoms with Crippen molar-refractivity contribution in [3.8, 4) is 0 Å². The van der Waals surface area contributed by atoms with Crippen molar-refractivity contribution in [3.63, 3.8) is 0 Å². The van der Waals surface area contributed by atoms with E-state index in [0.29, 0.717) is 25.3 Å². The van der Waals surface area contributed by atoms with Gasteiger partial charge in [0.25, 0.3) is 0 Å². The SMILES string of the molecule is C.C/C=C(/C=[N+](C)C)C1=NC(C)(C)Cc2ccccc21.CC1(C)Cc2ccccc2C(C(C=O)=CO)=N1.CC1(C)Cc2ccccc2C(c2cnc3ccccc3c2)=N1.CC1=NC(C)(C)Cc2ccccc21.I.II.I[I-]I.[Cl-].[Na+].[OH-].[V]. The van der Waals surface area contributed by atoms with E-state index in [1.165, 1.54) is 44.7 Å². The van der Waals surface area contributed by atoms with Gasteiger partial charge >= 0.3 is 80.0 Å². The molecule has 4 aliphatic rings. The number of hydrogen-bond acceptors (Lipinski definition) is 8. The largest absolute Gasteiger partial charge is 1.00 e. The van der Waals surface area contributed by atoms with Gasteiger partial charge in [-0.05, 0) is 135 Å². The number of pyridine rings is 1. The zero-order valence-electron chi connectivity index (χ0n) is 48.4. The van der Waals surface area contributed by atoms with Gasteiger partial charge in [0, 0.05) is 95.3 Å². The number of aliphatic imine (C=N–C) groups is 4. The molecule has 0 fully saturated rings. The number of para-hydroxylation sites is 1. The molecule has 0 saturated heterocycles. The van der Waals surface area contributed by atoms with Crippen molar-refractivity contribution < 1.29 is 93.7 Å². The van der Waals surface area contributed by atoms with E-state index in [2.05, 4.69) is 247 Å². The minimum Gasteiger partial charge on any atom is -1.00 e. The van der Waals surface area contributed by atoms with Crippen molar-refractivity contribution in [2.45, 2.75) is 125 Å². The summed E-state index contributed by atoms with van der Waals surface area (Å²) in [6.07, 6.45) is 11.6. The van der Waals surface area contributed by atoms with Crippen LogP contribution >= 0.6 is 98.4 Å². The summed E-state index contributed by atoms with van der Waals surface area (Å²) >= 11 is 9.54. The van der Waals surface area contributed by atoms with E-state index in [0.717, 1.165) is 71.0 Å². The van der Waals surface area contributed by atoms with E-state index in [-0.39, 0.29) is 125 Å². The summed E-state index contributed by atoms with van der Waals surface area (Å²) in [7, 11) is 4.09. The van der Waals surface area contributed by atoms with Gasteiger partial charge in [0.05, 0.1) is 62.2 Å². The number of aliphatic hydroxyl groups is 1. The Hall–Kier alpha value is -0.976. The molecule has 4 aliphatic heterocycles. The fourth-order valence-corrected chi connectivity index (χ4v) is 9.93. The Morgan fingerprint density at radius 2 is 0.976 bits per heavy atom. The second kappa shape index (κ2) is 39.1. The Kier molecular flexibility index (Phi) is 39.6. The molecule has 2 N–H and O–H groups in total. The molecule has 6 aromatic rings. The second-order valence-corrected chi connectivity index (χ2v) is 37.9. The van der Waals surface area contributed by atoms with Gasteiger partial charge in [-0.1, -0.05) is 129 Å². The summed E-state index contributed by atoms with van der Waals surface area (Å²) in [6, 6.07) is 44.0. The van der Waals surface area contributed by atoms with Gasteiger partial charge in [0.15, 0.2) is 12.5 Å². The number of rotatable bonds is 5. The Morgan fingerprint density at radius 3 is 1.41 bits per heavy atom. The molecule has 0 amide bonds. The third-order valence-electron chi connectivity index (χ3n) is 12.8. The van der Waals surface area contributed by atoms with E-state index in [9.17, 15) is 4.79 Å². The molecule has 0 saturated carbocycles. The molecule has 0 atom stereocenters. The van der Waals surface area contributed by atoms with Gasteiger partial charge in [-0.2, -0.15) is 0 Å². The average Bonchev–Trinajstić information content (AvgIpc) is 3.38. The van der Waals surface area contributed by atoms with Crippen LogP contribution in [-0.4, -0.2) is 91.7 Å². The van der Waals surface area contributed by atoms with Crippen molar-refractivity contribution in [2.75, 3.05) is 14.1 Å². The number of halogens is 7. The van der Waals surface area contributed by atoms with Crippen LogP contribution in [0, 0.1) is 0 Å². The molecule has 10 rings (SSSR count). The molecule has 0 bridgehead atoms. The minimum absolute atomic E-state index is 0. The number of hydrogen-bond donors (Lipinski definition) is 1. The molecule has 9 nitrogen and oxygen atoms in total. The summed E-state index contributed by atoms with van der Waals surface area (Å²) in [5.74, 6) is 0. The maximum absolute atomic E-state index is 10.9. The first-order valence-electron chi connectivity index (χ1n) is 25.2. The number of nitrogens with zero attached hydrogens (tertiary/aromatic N) is 6. The maximum Gasteiger partial charge on any atom is 1.00 e. The summed E-state index contributed by atoms with van der Waals surface area (Å²) in [5.41, 5.74) is 17.3. The Bertz CT molecular complexity index is 3250. The predicted molar refractivity (Wildman–Crippen MR) is 378 cm³/mol. The molecule has 1 aromatic heterocycles. The van der Waals surface area contributed by atoms with Crippen molar-refractivity contribution in [1.29, 1.82) is 0 Å². The normalized spacial score (nSPS) is 15.6. The topological polar surface area (TPSA) is 133 Å². The number of carbonyl (C=O) groups excluding carboxylic acids is 1. The van der Waals surface area contributed by atoms with Crippen LogP contribution in [0.1, 0.15) is 127 Å². The number of aldehydes is 1. The first kappa shape index (κ1) is 83.1. The minimum atomic E-state index is -0.249.